The maximum absolute atomic E-state index is 5.40. The lowest BCUT2D eigenvalue weighted by Gasteiger charge is -2.30. The van der Waals surface area contributed by atoms with Crippen LogP contribution >= 0.6 is 0 Å². The fourth-order valence-corrected chi connectivity index (χ4v) is 1.43. The predicted molar refractivity (Wildman–Crippen MR) is 64.4 cm³/mol. The summed E-state index contributed by atoms with van der Waals surface area (Å²) in [6.07, 6.45) is 0.857. The Morgan fingerprint density at radius 1 is 0.867 bits per heavy atom. The van der Waals surface area contributed by atoms with Crippen molar-refractivity contribution < 1.29 is 4.74 Å². The minimum atomic E-state index is -0.174. The number of methoxy groups -OCH3 is 1. The molecule has 0 aliphatic heterocycles. The Balaban J connectivity index is 4.51. The Bertz CT molecular complexity index is 224. The largest absolute Gasteiger partial charge is 0.379 e. The van der Waals surface area contributed by atoms with Gasteiger partial charge in [-0.3, -0.25) is 0 Å². The fraction of sp³-hybridized carbons (Fsp3) is 1.00. The molecule has 0 aliphatic carbocycles. The molecule has 0 amide bonds. The topological polar surface area (TPSA) is 34.0 Å². The van der Waals surface area contributed by atoms with Gasteiger partial charge in [0.1, 0.15) is 0 Å². The highest BCUT2D eigenvalue weighted by atomic mass is 16.5. The zero-order chi connectivity index (χ0) is 12.3. The van der Waals surface area contributed by atoms with E-state index < -0.39 is 0 Å². The standard InChI is InChI=1S/C12H26N2O/c1-10(2,3)13-14-11(4,5)9-12(6,7)15-8/h9H2,1-8H3. The van der Waals surface area contributed by atoms with Gasteiger partial charge in [0.2, 0.25) is 0 Å². The van der Waals surface area contributed by atoms with E-state index in [1.807, 2.05) is 20.8 Å². The monoisotopic (exact) mass is 214 g/mol. The number of hydrogen-bond donors (Lipinski definition) is 0. The van der Waals surface area contributed by atoms with Crippen LogP contribution in [0.25, 0.3) is 0 Å². The van der Waals surface area contributed by atoms with E-state index in [-0.39, 0.29) is 16.7 Å². The van der Waals surface area contributed by atoms with Gasteiger partial charge in [-0.05, 0) is 48.5 Å². The molecule has 0 saturated heterocycles. The van der Waals surface area contributed by atoms with Crippen LogP contribution in [0.1, 0.15) is 54.9 Å². The minimum absolute atomic E-state index is 0.103. The smallest absolute Gasteiger partial charge is 0.0787 e. The molecule has 0 bridgehead atoms. The molecule has 0 saturated carbocycles. The molecule has 0 aromatic rings. The van der Waals surface area contributed by atoms with Gasteiger partial charge < -0.3 is 4.74 Å². The van der Waals surface area contributed by atoms with Crippen molar-refractivity contribution in [3.63, 3.8) is 0 Å². The van der Waals surface area contributed by atoms with Crippen molar-refractivity contribution in [2.24, 2.45) is 10.2 Å². The second kappa shape index (κ2) is 4.60. The number of nitrogens with zero attached hydrogens (tertiary/aromatic N) is 2. The molecular formula is C12H26N2O. The van der Waals surface area contributed by atoms with Crippen LogP contribution in [0, 0.1) is 0 Å². The quantitative estimate of drug-likeness (QED) is 0.655. The molecule has 0 N–H and O–H groups in total. The third-order valence-corrected chi connectivity index (χ3v) is 2.03. The fourth-order valence-electron chi connectivity index (χ4n) is 1.43. The lowest BCUT2D eigenvalue weighted by atomic mass is 9.90. The lowest BCUT2D eigenvalue weighted by Crippen LogP contribution is -2.33. The molecule has 15 heavy (non-hydrogen) atoms. The zero-order valence-electron chi connectivity index (χ0n) is 11.5. The summed E-state index contributed by atoms with van der Waals surface area (Å²) < 4.78 is 5.40. The van der Waals surface area contributed by atoms with Gasteiger partial charge in [-0.2, -0.15) is 10.2 Å². The van der Waals surface area contributed by atoms with E-state index in [1.54, 1.807) is 7.11 Å². The molecule has 0 unspecified atom stereocenters. The van der Waals surface area contributed by atoms with Crippen LogP contribution in [0.2, 0.25) is 0 Å². The van der Waals surface area contributed by atoms with Crippen LogP contribution in [-0.4, -0.2) is 23.8 Å². The predicted octanol–water partition coefficient (Wildman–Crippen LogP) is 3.83. The average Bonchev–Trinajstić information content (AvgIpc) is 1.98. The molecule has 0 heterocycles. The Kier molecular flexibility index (Phi) is 4.47. The molecule has 90 valence electrons. The molecule has 3 nitrogen and oxygen atoms in total. The molecule has 0 spiro atoms. The van der Waals surface area contributed by atoms with E-state index in [0.29, 0.717) is 0 Å². The number of rotatable bonds is 4. The van der Waals surface area contributed by atoms with Crippen LogP contribution in [-0.2, 0) is 4.74 Å². The Morgan fingerprint density at radius 3 is 1.67 bits per heavy atom. The molecule has 0 fully saturated rings. The summed E-state index contributed by atoms with van der Waals surface area (Å²) in [6, 6.07) is 0. The van der Waals surface area contributed by atoms with Gasteiger partial charge in [-0.1, -0.05) is 0 Å². The van der Waals surface area contributed by atoms with Gasteiger partial charge in [0.15, 0.2) is 0 Å². The van der Waals surface area contributed by atoms with Crippen LogP contribution in [0.4, 0.5) is 0 Å². The van der Waals surface area contributed by atoms with E-state index in [2.05, 4.69) is 37.9 Å². The van der Waals surface area contributed by atoms with Crippen molar-refractivity contribution in [3.05, 3.63) is 0 Å². The average molecular weight is 214 g/mol. The van der Waals surface area contributed by atoms with Crippen molar-refractivity contribution in [2.45, 2.75) is 71.6 Å². The van der Waals surface area contributed by atoms with Crippen molar-refractivity contribution >= 4 is 0 Å². The maximum Gasteiger partial charge on any atom is 0.0787 e. The first-order valence-corrected chi connectivity index (χ1v) is 5.47. The summed E-state index contributed by atoms with van der Waals surface area (Å²) in [5.41, 5.74) is -0.429. The lowest BCUT2D eigenvalue weighted by molar-refractivity contribution is 0.000617. The van der Waals surface area contributed by atoms with E-state index in [1.165, 1.54) is 0 Å². The first kappa shape index (κ1) is 14.6. The van der Waals surface area contributed by atoms with Crippen molar-refractivity contribution in [3.8, 4) is 0 Å². The first-order chi connectivity index (χ1) is 6.47. The van der Waals surface area contributed by atoms with Gasteiger partial charge in [0.05, 0.1) is 16.7 Å². The second-order valence-corrected chi connectivity index (χ2v) is 6.32. The van der Waals surface area contributed by atoms with Gasteiger partial charge in [-0.25, -0.2) is 0 Å². The Labute approximate surface area is 94.3 Å². The molecule has 0 aliphatic rings. The van der Waals surface area contributed by atoms with Gasteiger partial charge >= 0.3 is 0 Å². The van der Waals surface area contributed by atoms with Crippen molar-refractivity contribution in [2.75, 3.05) is 7.11 Å². The molecular weight excluding hydrogens is 188 g/mol. The normalized spacial score (nSPS) is 14.9. The number of azo groups is 1. The summed E-state index contributed by atoms with van der Waals surface area (Å²) in [6.45, 7) is 14.5. The summed E-state index contributed by atoms with van der Waals surface area (Å²) >= 11 is 0. The SMILES string of the molecule is COC(C)(C)CC(C)(C)N=NC(C)(C)C. The second-order valence-electron chi connectivity index (χ2n) is 6.32. The minimum Gasteiger partial charge on any atom is -0.379 e. The van der Waals surface area contributed by atoms with Crippen LogP contribution in [0.15, 0.2) is 10.2 Å². The Morgan fingerprint density at radius 2 is 1.33 bits per heavy atom. The molecule has 0 atom stereocenters. The van der Waals surface area contributed by atoms with E-state index >= 15 is 0 Å². The summed E-state index contributed by atoms with van der Waals surface area (Å²) in [7, 11) is 1.73. The molecule has 0 aromatic carbocycles. The van der Waals surface area contributed by atoms with Gasteiger partial charge in [0, 0.05) is 13.5 Å². The number of hydrogen-bond acceptors (Lipinski definition) is 3. The van der Waals surface area contributed by atoms with Crippen LogP contribution in [0.5, 0.6) is 0 Å². The van der Waals surface area contributed by atoms with E-state index in [4.69, 9.17) is 4.74 Å². The molecule has 0 rings (SSSR count). The van der Waals surface area contributed by atoms with Crippen molar-refractivity contribution in [1.29, 1.82) is 0 Å². The maximum atomic E-state index is 5.40. The highest BCUT2D eigenvalue weighted by Gasteiger charge is 2.29. The van der Waals surface area contributed by atoms with Crippen LogP contribution in [0.3, 0.4) is 0 Å². The third-order valence-electron chi connectivity index (χ3n) is 2.03. The van der Waals surface area contributed by atoms with Crippen molar-refractivity contribution in [1.82, 2.24) is 0 Å². The van der Waals surface area contributed by atoms with Gasteiger partial charge in [-0.15, -0.1) is 0 Å². The first-order valence-electron chi connectivity index (χ1n) is 5.47. The molecule has 3 heteroatoms. The Hall–Kier alpha value is -0.440. The number of ether oxygens (including phenoxy) is 1. The highest BCUT2D eigenvalue weighted by molar-refractivity contribution is 4.86. The zero-order valence-corrected chi connectivity index (χ0v) is 11.5. The molecule has 0 aromatic heterocycles. The highest BCUT2D eigenvalue weighted by Crippen LogP contribution is 2.27. The molecule has 0 radical (unpaired) electrons. The summed E-state index contributed by atoms with van der Waals surface area (Å²) in [5, 5.41) is 8.72. The van der Waals surface area contributed by atoms with Crippen LogP contribution < -0.4 is 0 Å². The summed E-state index contributed by atoms with van der Waals surface area (Å²) in [4.78, 5) is 0. The van der Waals surface area contributed by atoms with E-state index in [9.17, 15) is 0 Å². The van der Waals surface area contributed by atoms with Gasteiger partial charge in [0.25, 0.3) is 0 Å². The summed E-state index contributed by atoms with van der Waals surface area (Å²) in [5.74, 6) is 0. The van der Waals surface area contributed by atoms with E-state index in [0.717, 1.165) is 6.42 Å². The third kappa shape index (κ3) is 7.48.